The van der Waals surface area contributed by atoms with Crippen molar-refractivity contribution in [1.29, 1.82) is 0 Å². The van der Waals surface area contributed by atoms with E-state index in [1.807, 2.05) is 0 Å². The molecule has 0 amide bonds. The highest BCUT2D eigenvalue weighted by Gasteiger charge is 2.04. The molecule has 0 bridgehead atoms. The van der Waals surface area contributed by atoms with Crippen LogP contribution in [-0.2, 0) is 0 Å². The monoisotopic (exact) mass is 178 g/mol. The molecular weight excluding hydrogens is 174 g/mol. The molecule has 2 rings (SSSR count). The Morgan fingerprint density at radius 3 is 3.17 bits per heavy atom. The molecule has 0 aliphatic carbocycles. The van der Waals surface area contributed by atoms with Crippen molar-refractivity contribution in [2.24, 2.45) is 0 Å². The molecule has 1 heterocycles. The molecule has 3 nitrogen and oxygen atoms in total. The lowest BCUT2D eigenvalue weighted by Crippen LogP contribution is -1.94. The maximum absolute atomic E-state index is 10.5. The zero-order valence-corrected chi connectivity index (χ0v) is 6.76. The summed E-state index contributed by atoms with van der Waals surface area (Å²) in [5.74, 6) is -0.926. The van der Waals surface area contributed by atoms with E-state index in [1.54, 1.807) is 18.2 Å². The van der Waals surface area contributed by atoms with Gasteiger partial charge in [-0.3, -0.25) is 0 Å². The molecule has 0 atom stereocenters. The van der Waals surface area contributed by atoms with Crippen molar-refractivity contribution in [2.75, 3.05) is 0 Å². The fourth-order valence-electron chi connectivity index (χ4n) is 0.945. The van der Waals surface area contributed by atoms with E-state index in [0.717, 1.165) is 4.70 Å². The van der Waals surface area contributed by atoms with Gasteiger partial charge < -0.3 is 5.11 Å². The maximum Gasteiger partial charge on any atom is 0.335 e. The van der Waals surface area contributed by atoms with Gasteiger partial charge in [-0.2, -0.15) is 0 Å². The van der Waals surface area contributed by atoms with Crippen LogP contribution in [0.2, 0.25) is 0 Å². The molecule has 1 aromatic carbocycles. The number of rotatable bonds is 1. The van der Waals surface area contributed by atoms with Gasteiger partial charge >= 0.3 is 5.97 Å². The third-order valence-electron chi connectivity index (χ3n) is 1.53. The Morgan fingerprint density at radius 1 is 1.58 bits per heavy atom. The second-order valence-corrected chi connectivity index (χ2v) is 3.12. The van der Waals surface area contributed by atoms with Crippen LogP contribution >= 0.6 is 11.3 Å². The number of nitrogens with zero attached hydrogens (tertiary/aromatic N) is 1. The average molecular weight is 178 g/mol. The zero-order valence-electron chi connectivity index (χ0n) is 5.94. The maximum atomic E-state index is 10.5. The van der Waals surface area contributed by atoms with Crippen LogP contribution in [-0.4, -0.2) is 16.1 Å². The van der Waals surface area contributed by atoms with Crippen LogP contribution < -0.4 is 0 Å². The van der Waals surface area contributed by atoms with Gasteiger partial charge in [-0.1, -0.05) is 0 Å². The first kappa shape index (κ1) is 7.24. The topological polar surface area (TPSA) is 50.2 Å². The Bertz CT molecular complexity index is 435. The Kier molecular flexibility index (Phi) is 1.55. The lowest BCUT2D eigenvalue weighted by molar-refractivity contribution is 0.0697. The summed E-state index contributed by atoms with van der Waals surface area (Å²) in [6.45, 7) is 0. The van der Waals surface area contributed by atoms with E-state index in [-0.39, 0.29) is 5.56 Å². The number of hydrogen-bond donors (Lipinski definition) is 1. The number of thiazole rings is 1. The molecule has 4 heteroatoms. The summed E-state index contributed by atoms with van der Waals surface area (Å²) in [5, 5.41) is 8.65. The van der Waals surface area contributed by atoms with Crippen molar-refractivity contribution >= 4 is 27.5 Å². The molecule has 1 N–H and O–H groups in total. The molecule has 0 saturated carbocycles. The fourth-order valence-corrected chi connectivity index (χ4v) is 1.53. The number of aromatic nitrogens is 1. The standard InChI is InChI=1S/C8H4NO2S/c10-8(11)5-1-2-7-6(3-5)9-4-12-7/h1-3H,(H,10,11). The van der Waals surface area contributed by atoms with Crippen molar-refractivity contribution in [1.82, 2.24) is 4.98 Å². The molecule has 0 aliphatic heterocycles. The molecular formula is C8H4NO2S. The number of carboxylic acid groups (broad SMARTS) is 1. The molecule has 1 radical (unpaired) electrons. The number of carbonyl (C=O) groups is 1. The van der Waals surface area contributed by atoms with Crippen LogP contribution in [0.3, 0.4) is 0 Å². The van der Waals surface area contributed by atoms with Gasteiger partial charge in [0.2, 0.25) is 0 Å². The van der Waals surface area contributed by atoms with E-state index >= 15 is 0 Å². The van der Waals surface area contributed by atoms with Gasteiger partial charge in [0.1, 0.15) is 0 Å². The summed E-state index contributed by atoms with van der Waals surface area (Å²) >= 11 is 1.38. The van der Waals surface area contributed by atoms with Crippen LogP contribution in [0.5, 0.6) is 0 Å². The van der Waals surface area contributed by atoms with Gasteiger partial charge in [-0.05, 0) is 18.2 Å². The zero-order chi connectivity index (χ0) is 8.55. The fraction of sp³-hybridized carbons (Fsp3) is 0. The van der Waals surface area contributed by atoms with E-state index in [4.69, 9.17) is 5.11 Å². The van der Waals surface area contributed by atoms with Crippen LogP contribution in [0.25, 0.3) is 10.2 Å². The van der Waals surface area contributed by atoms with Gasteiger partial charge in [0.05, 0.1) is 15.8 Å². The highest BCUT2D eigenvalue weighted by Crippen LogP contribution is 2.18. The highest BCUT2D eigenvalue weighted by molar-refractivity contribution is 7.16. The number of fused-ring (bicyclic) bond motifs is 1. The molecule has 0 fully saturated rings. The van der Waals surface area contributed by atoms with Crippen LogP contribution in [0, 0.1) is 5.51 Å². The van der Waals surface area contributed by atoms with Crippen LogP contribution in [0.4, 0.5) is 0 Å². The predicted molar refractivity (Wildman–Crippen MR) is 45.4 cm³/mol. The average Bonchev–Trinajstić information content (AvgIpc) is 2.49. The van der Waals surface area contributed by atoms with Crippen LogP contribution in [0.1, 0.15) is 10.4 Å². The second-order valence-electron chi connectivity index (χ2n) is 2.29. The molecule has 0 saturated heterocycles. The SMILES string of the molecule is O=C(O)c1ccc2s[c]nc2c1. The Hall–Kier alpha value is -1.42. The lowest BCUT2D eigenvalue weighted by Gasteiger charge is -1.91. The first-order valence-electron chi connectivity index (χ1n) is 3.27. The van der Waals surface area contributed by atoms with Gasteiger partial charge in [-0.15, -0.1) is 11.3 Å². The van der Waals surface area contributed by atoms with Gasteiger partial charge in [0.25, 0.3) is 0 Å². The minimum absolute atomic E-state index is 0.266. The first-order chi connectivity index (χ1) is 5.77. The largest absolute Gasteiger partial charge is 0.478 e. The van der Waals surface area contributed by atoms with Crippen molar-refractivity contribution in [2.45, 2.75) is 0 Å². The van der Waals surface area contributed by atoms with E-state index in [9.17, 15) is 4.79 Å². The van der Waals surface area contributed by atoms with E-state index in [0.29, 0.717) is 5.52 Å². The van der Waals surface area contributed by atoms with E-state index < -0.39 is 5.97 Å². The summed E-state index contributed by atoms with van der Waals surface area (Å²) in [7, 11) is 0. The Morgan fingerprint density at radius 2 is 2.42 bits per heavy atom. The number of aromatic carboxylic acids is 1. The predicted octanol–water partition coefficient (Wildman–Crippen LogP) is 1.79. The summed E-state index contributed by atoms with van der Waals surface area (Å²) in [4.78, 5) is 14.4. The Balaban J connectivity index is 2.68. The normalized spacial score (nSPS) is 10.3. The molecule has 59 valence electrons. The number of benzene rings is 1. The third-order valence-corrected chi connectivity index (χ3v) is 2.28. The molecule has 12 heavy (non-hydrogen) atoms. The first-order valence-corrected chi connectivity index (χ1v) is 4.09. The summed E-state index contributed by atoms with van der Waals surface area (Å²) in [6.07, 6.45) is 0. The Labute approximate surface area is 72.3 Å². The van der Waals surface area contributed by atoms with E-state index in [2.05, 4.69) is 10.5 Å². The minimum Gasteiger partial charge on any atom is -0.478 e. The van der Waals surface area contributed by atoms with Crippen molar-refractivity contribution in [3.63, 3.8) is 0 Å². The molecule has 0 aliphatic rings. The third kappa shape index (κ3) is 1.06. The van der Waals surface area contributed by atoms with Crippen molar-refractivity contribution in [3.05, 3.63) is 29.3 Å². The lowest BCUT2D eigenvalue weighted by atomic mass is 10.2. The molecule has 1 aromatic heterocycles. The summed E-state index contributed by atoms with van der Waals surface area (Å²) < 4.78 is 0.958. The van der Waals surface area contributed by atoms with E-state index in [1.165, 1.54) is 11.3 Å². The van der Waals surface area contributed by atoms with Crippen molar-refractivity contribution < 1.29 is 9.90 Å². The summed E-state index contributed by atoms with van der Waals surface area (Å²) in [6, 6.07) is 4.86. The second kappa shape index (κ2) is 2.57. The molecule has 0 unspecified atom stereocenters. The van der Waals surface area contributed by atoms with Crippen LogP contribution in [0.15, 0.2) is 18.2 Å². The quantitative estimate of drug-likeness (QED) is 0.724. The smallest absolute Gasteiger partial charge is 0.335 e. The number of hydrogen-bond acceptors (Lipinski definition) is 3. The molecule has 0 spiro atoms. The van der Waals surface area contributed by atoms with Gasteiger partial charge in [-0.25, -0.2) is 9.78 Å². The molecule has 2 aromatic rings. The minimum atomic E-state index is -0.926. The van der Waals surface area contributed by atoms with Crippen molar-refractivity contribution in [3.8, 4) is 0 Å². The highest BCUT2D eigenvalue weighted by atomic mass is 32.1. The summed E-state index contributed by atoms with van der Waals surface area (Å²) in [5.41, 5.74) is 3.66. The van der Waals surface area contributed by atoms with Gasteiger partial charge in [0.15, 0.2) is 5.51 Å². The number of carboxylic acids is 1. The van der Waals surface area contributed by atoms with Gasteiger partial charge in [0, 0.05) is 0 Å².